The summed E-state index contributed by atoms with van der Waals surface area (Å²) in [5.41, 5.74) is 13.5. The molecule has 0 aliphatic carbocycles. The van der Waals surface area contributed by atoms with Crippen molar-refractivity contribution in [3.05, 3.63) is 107 Å². The lowest BCUT2D eigenvalue weighted by atomic mass is 9.98. The van der Waals surface area contributed by atoms with E-state index < -0.39 is 23.3 Å². The molecule has 0 heterocycles. The molecule has 39 heavy (non-hydrogen) atoms. The fourth-order valence-corrected chi connectivity index (χ4v) is 4.04. The van der Waals surface area contributed by atoms with Crippen molar-refractivity contribution < 1.29 is 19.1 Å². The minimum Gasteiger partial charge on any atom is -0.458 e. The second-order valence-corrected chi connectivity index (χ2v) is 11.3. The molecule has 0 bridgehead atoms. The smallest absolute Gasteiger partial charge is 0.323 e. The first-order chi connectivity index (χ1) is 18.3. The molecule has 2 unspecified atom stereocenters. The van der Waals surface area contributed by atoms with E-state index in [0.29, 0.717) is 24.3 Å². The Morgan fingerprint density at radius 1 is 0.692 bits per heavy atom. The van der Waals surface area contributed by atoms with Crippen LogP contribution in [0, 0.1) is 0 Å². The Balaban J connectivity index is 0.000000293. The van der Waals surface area contributed by atoms with E-state index in [1.807, 2.05) is 113 Å². The maximum Gasteiger partial charge on any atom is 0.323 e. The summed E-state index contributed by atoms with van der Waals surface area (Å²) in [6, 6.07) is 25.9. The van der Waals surface area contributed by atoms with Gasteiger partial charge in [0.25, 0.3) is 0 Å². The fourth-order valence-electron chi connectivity index (χ4n) is 3.92. The maximum absolute atomic E-state index is 12.2. The average Bonchev–Trinajstić information content (AvgIpc) is 2.86. The number of hydrogen-bond acceptors (Lipinski definition) is 6. The lowest BCUT2D eigenvalue weighted by molar-refractivity contribution is -0.158. The van der Waals surface area contributed by atoms with Crippen molar-refractivity contribution in [2.75, 3.05) is 0 Å². The van der Waals surface area contributed by atoms with Crippen LogP contribution in [0.1, 0.15) is 51.3 Å². The number of halogens is 1. The molecule has 7 heteroatoms. The molecule has 0 aliphatic heterocycles. The van der Waals surface area contributed by atoms with Crippen LogP contribution in [0.15, 0.2) is 84.9 Å². The molecule has 3 aromatic rings. The highest BCUT2D eigenvalue weighted by molar-refractivity contribution is 6.30. The minimum absolute atomic E-state index is 0.360. The van der Waals surface area contributed by atoms with Gasteiger partial charge < -0.3 is 20.9 Å². The quantitative estimate of drug-likeness (QED) is 0.314. The van der Waals surface area contributed by atoms with Gasteiger partial charge in [0.1, 0.15) is 23.3 Å². The molecule has 3 rings (SSSR count). The number of benzene rings is 3. The summed E-state index contributed by atoms with van der Waals surface area (Å²) in [4.78, 5) is 23.6. The number of carbonyl (C=O) groups excluding carboxylic acids is 2. The summed E-state index contributed by atoms with van der Waals surface area (Å²) >= 11 is 5.88. The molecular weight excluding hydrogens is 512 g/mol. The molecule has 2 atom stereocenters. The van der Waals surface area contributed by atoms with Gasteiger partial charge in [0.15, 0.2) is 0 Å². The summed E-state index contributed by atoms with van der Waals surface area (Å²) in [5.74, 6) is -0.742. The molecular formula is C32H41ClN2O4. The van der Waals surface area contributed by atoms with Crippen LogP contribution in [-0.4, -0.2) is 35.2 Å². The van der Waals surface area contributed by atoms with E-state index in [1.165, 1.54) is 0 Å². The Morgan fingerprint density at radius 3 is 1.56 bits per heavy atom. The van der Waals surface area contributed by atoms with Crippen molar-refractivity contribution in [2.24, 2.45) is 11.5 Å². The SMILES string of the molecule is CC(C)(Cc1ccc(Cl)cc1)OC(=O)C(N)Cc1ccccc1.CC(N)C(=O)OC(C)(C)Cc1ccccc1. The van der Waals surface area contributed by atoms with Gasteiger partial charge in [-0.2, -0.15) is 0 Å². The van der Waals surface area contributed by atoms with Crippen LogP contribution in [0.3, 0.4) is 0 Å². The second kappa shape index (κ2) is 14.8. The van der Waals surface area contributed by atoms with E-state index in [9.17, 15) is 9.59 Å². The first-order valence-electron chi connectivity index (χ1n) is 13.1. The van der Waals surface area contributed by atoms with Crippen molar-refractivity contribution in [1.82, 2.24) is 0 Å². The van der Waals surface area contributed by atoms with Crippen LogP contribution in [-0.2, 0) is 38.3 Å². The van der Waals surface area contributed by atoms with Crippen LogP contribution < -0.4 is 11.5 Å². The van der Waals surface area contributed by atoms with E-state index in [4.69, 9.17) is 32.5 Å². The maximum atomic E-state index is 12.2. The molecule has 3 aromatic carbocycles. The lowest BCUT2D eigenvalue weighted by Crippen LogP contribution is -2.40. The molecule has 0 saturated heterocycles. The van der Waals surface area contributed by atoms with Gasteiger partial charge in [-0.3, -0.25) is 9.59 Å². The summed E-state index contributed by atoms with van der Waals surface area (Å²) < 4.78 is 10.9. The predicted octanol–water partition coefficient (Wildman–Crippen LogP) is 5.67. The highest BCUT2D eigenvalue weighted by Gasteiger charge is 2.27. The van der Waals surface area contributed by atoms with Crippen LogP contribution in [0.25, 0.3) is 0 Å². The third-order valence-electron chi connectivity index (χ3n) is 5.74. The third-order valence-corrected chi connectivity index (χ3v) is 5.99. The van der Waals surface area contributed by atoms with Crippen LogP contribution >= 0.6 is 11.6 Å². The summed E-state index contributed by atoms with van der Waals surface area (Å²) in [5, 5.41) is 0.688. The van der Waals surface area contributed by atoms with Gasteiger partial charge in [0.2, 0.25) is 0 Å². The van der Waals surface area contributed by atoms with E-state index in [0.717, 1.165) is 16.7 Å². The Morgan fingerprint density at radius 2 is 1.10 bits per heavy atom. The number of rotatable bonds is 10. The zero-order valence-electron chi connectivity index (χ0n) is 23.5. The number of nitrogens with two attached hydrogens (primary N) is 2. The van der Waals surface area contributed by atoms with Gasteiger partial charge in [-0.1, -0.05) is 84.4 Å². The predicted molar refractivity (Wildman–Crippen MR) is 157 cm³/mol. The monoisotopic (exact) mass is 552 g/mol. The highest BCUT2D eigenvalue weighted by Crippen LogP contribution is 2.20. The Bertz CT molecular complexity index is 1160. The molecule has 0 aliphatic rings. The third kappa shape index (κ3) is 12.5. The van der Waals surface area contributed by atoms with Crippen LogP contribution in [0.2, 0.25) is 5.02 Å². The topological polar surface area (TPSA) is 105 Å². The van der Waals surface area contributed by atoms with Gasteiger partial charge in [-0.15, -0.1) is 0 Å². The molecule has 210 valence electrons. The molecule has 0 radical (unpaired) electrons. The fraction of sp³-hybridized carbons (Fsp3) is 0.375. The van der Waals surface area contributed by atoms with E-state index in [2.05, 4.69) is 0 Å². The number of ether oxygens (including phenoxy) is 2. The zero-order valence-corrected chi connectivity index (χ0v) is 24.3. The Labute approximate surface area is 237 Å². The van der Waals surface area contributed by atoms with Gasteiger partial charge in [0.05, 0.1) is 0 Å². The largest absolute Gasteiger partial charge is 0.458 e. The van der Waals surface area contributed by atoms with Crippen molar-refractivity contribution >= 4 is 23.5 Å². The molecule has 0 fully saturated rings. The normalized spacial score (nSPS) is 12.9. The molecule has 4 N–H and O–H groups in total. The average molecular weight is 553 g/mol. The first-order valence-corrected chi connectivity index (χ1v) is 13.4. The van der Waals surface area contributed by atoms with E-state index in [1.54, 1.807) is 6.92 Å². The van der Waals surface area contributed by atoms with Gasteiger partial charge >= 0.3 is 11.9 Å². The van der Waals surface area contributed by atoms with Crippen LogP contribution in [0.4, 0.5) is 0 Å². The Hall–Kier alpha value is -3.19. The summed E-state index contributed by atoms with van der Waals surface area (Å²) in [6.07, 6.45) is 1.76. The summed E-state index contributed by atoms with van der Waals surface area (Å²) in [6.45, 7) is 9.17. The zero-order chi connectivity index (χ0) is 29.1. The van der Waals surface area contributed by atoms with Gasteiger partial charge in [-0.25, -0.2) is 0 Å². The molecule has 0 spiro atoms. The van der Waals surface area contributed by atoms with E-state index in [-0.39, 0.29) is 11.9 Å². The Kier molecular flexibility index (Phi) is 12.2. The standard InChI is InChI=1S/C19H22ClNO2.C13H19NO2/c1-19(2,13-15-8-10-16(20)11-9-15)23-18(22)17(21)12-14-6-4-3-5-7-14;1-10(14)12(15)16-13(2,3)9-11-7-5-4-6-8-11/h3-11,17H,12-13,21H2,1-2H3;4-8,10H,9,14H2,1-3H3. The molecule has 0 saturated carbocycles. The van der Waals surface area contributed by atoms with Gasteiger partial charge in [0, 0.05) is 17.9 Å². The van der Waals surface area contributed by atoms with E-state index >= 15 is 0 Å². The van der Waals surface area contributed by atoms with Gasteiger partial charge in [-0.05, 0) is 69.9 Å². The lowest BCUT2D eigenvalue weighted by Gasteiger charge is -2.27. The van der Waals surface area contributed by atoms with Crippen molar-refractivity contribution in [3.63, 3.8) is 0 Å². The summed E-state index contributed by atoms with van der Waals surface area (Å²) in [7, 11) is 0. The minimum atomic E-state index is -0.665. The molecule has 6 nitrogen and oxygen atoms in total. The van der Waals surface area contributed by atoms with Crippen molar-refractivity contribution in [3.8, 4) is 0 Å². The second-order valence-electron chi connectivity index (χ2n) is 10.9. The number of esters is 2. The number of hydrogen-bond donors (Lipinski definition) is 2. The van der Waals surface area contributed by atoms with Crippen molar-refractivity contribution in [2.45, 2.75) is 77.2 Å². The highest BCUT2D eigenvalue weighted by atomic mass is 35.5. The van der Waals surface area contributed by atoms with Crippen LogP contribution in [0.5, 0.6) is 0 Å². The number of carbonyl (C=O) groups is 2. The first kappa shape index (κ1) is 32.0. The molecule has 0 aromatic heterocycles. The van der Waals surface area contributed by atoms with Crippen molar-refractivity contribution in [1.29, 1.82) is 0 Å². The molecule has 0 amide bonds.